The zero-order chi connectivity index (χ0) is 11.0. The first-order valence-electron chi connectivity index (χ1n) is 4.76. The van der Waals surface area contributed by atoms with Gasteiger partial charge in [-0.05, 0) is 22.9 Å². The van der Waals surface area contributed by atoms with Crippen LogP contribution in [0.15, 0.2) is 29.9 Å². The van der Waals surface area contributed by atoms with Crippen LogP contribution in [0.4, 0.5) is 0 Å². The fraction of sp³-hybridized carbons (Fsp3) is 0.0909. The highest BCUT2D eigenvalue weighted by Gasteiger charge is 2.10. The lowest BCUT2D eigenvalue weighted by Crippen LogP contribution is -1.80. The second-order valence-electron chi connectivity index (χ2n) is 3.29. The van der Waals surface area contributed by atoms with Crippen LogP contribution < -0.4 is 0 Å². The summed E-state index contributed by atoms with van der Waals surface area (Å²) in [6, 6.07) is 4.07. The van der Waals surface area contributed by atoms with E-state index in [0.717, 1.165) is 20.3 Å². The molecule has 0 saturated carbocycles. The number of rotatable bonds is 2. The van der Waals surface area contributed by atoms with Gasteiger partial charge in [0.05, 0.1) is 16.2 Å². The Morgan fingerprint density at radius 3 is 3.00 bits per heavy atom. The second-order valence-corrected chi connectivity index (χ2v) is 5.32. The Hall–Kier alpha value is -1.30. The van der Waals surface area contributed by atoms with Crippen LogP contribution in [0.25, 0.3) is 20.8 Å². The maximum absolute atomic E-state index is 9.02. The summed E-state index contributed by atoms with van der Waals surface area (Å²) >= 11 is 3.15. The van der Waals surface area contributed by atoms with Gasteiger partial charge in [0.1, 0.15) is 10.7 Å². The van der Waals surface area contributed by atoms with Crippen molar-refractivity contribution in [1.29, 1.82) is 0 Å². The molecule has 0 amide bonds. The molecule has 0 aromatic carbocycles. The molecule has 3 rings (SSSR count). The minimum atomic E-state index is 0.0398. The van der Waals surface area contributed by atoms with Crippen molar-refractivity contribution in [2.24, 2.45) is 0 Å². The summed E-state index contributed by atoms with van der Waals surface area (Å²) in [6.07, 6.45) is 3.50. The normalized spacial score (nSPS) is 11.1. The molecule has 0 saturated heterocycles. The van der Waals surface area contributed by atoms with Crippen molar-refractivity contribution in [2.75, 3.05) is 0 Å². The van der Waals surface area contributed by atoms with Gasteiger partial charge >= 0.3 is 0 Å². The standard InChI is InChI=1S/C11H8N2OS2/c14-6-8-5-13-11(16-8)9-10-7(1-3-12-9)2-4-15-10/h1-5,14H,6H2. The quantitative estimate of drug-likeness (QED) is 0.758. The highest BCUT2D eigenvalue weighted by Crippen LogP contribution is 2.32. The molecule has 0 fully saturated rings. The number of hydrogen-bond donors (Lipinski definition) is 1. The Morgan fingerprint density at radius 2 is 2.19 bits per heavy atom. The average molecular weight is 248 g/mol. The third kappa shape index (κ3) is 1.53. The number of aliphatic hydroxyl groups is 1. The fourth-order valence-corrected chi connectivity index (χ4v) is 3.26. The SMILES string of the molecule is OCc1cnc(-c2nccc3ccsc23)s1. The molecule has 0 aliphatic rings. The number of thiophene rings is 1. The van der Waals surface area contributed by atoms with Crippen molar-refractivity contribution in [2.45, 2.75) is 6.61 Å². The summed E-state index contributed by atoms with van der Waals surface area (Å²) in [5.74, 6) is 0. The van der Waals surface area contributed by atoms with E-state index in [9.17, 15) is 0 Å². The summed E-state index contributed by atoms with van der Waals surface area (Å²) < 4.78 is 1.15. The van der Waals surface area contributed by atoms with Crippen LogP contribution in [0.1, 0.15) is 4.88 Å². The molecular weight excluding hydrogens is 240 g/mol. The predicted molar refractivity (Wildman–Crippen MR) is 66.7 cm³/mol. The molecule has 0 aliphatic carbocycles. The summed E-state index contributed by atoms with van der Waals surface area (Å²) in [5.41, 5.74) is 0.914. The van der Waals surface area contributed by atoms with E-state index >= 15 is 0 Å². The minimum absolute atomic E-state index is 0.0398. The van der Waals surface area contributed by atoms with Gasteiger partial charge in [0, 0.05) is 12.4 Å². The molecule has 1 N–H and O–H groups in total. The molecule has 80 valence electrons. The lowest BCUT2D eigenvalue weighted by Gasteiger charge is -1.96. The molecule has 0 atom stereocenters. The Balaban J connectivity index is 2.21. The molecule has 3 aromatic heterocycles. The van der Waals surface area contributed by atoms with Crippen molar-refractivity contribution < 1.29 is 5.11 Å². The molecule has 5 heteroatoms. The molecule has 0 spiro atoms. The van der Waals surface area contributed by atoms with Gasteiger partial charge in [-0.25, -0.2) is 4.98 Å². The second kappa shape index (κ2) is 3.93. The first-order chi connectivity index (χ1) is 7.88. The van der Waals surface area contributed by atoms with Crippen LogP contribution in [0.3, 0.4) is 0 Å². The van der Waals surface area contributed by atoms with Crippen LogP contribution in [0.2, 0.25) is 0 Å². The maximum atomic E-state index is 9.02. The average Bonchev–Trinajstić information content (AvgIpc) is 2.97. The predicted octanol–water partition coefficient (Wildman–Crippen LogP) is 2.91. The van der Waals surface area contributed by atoms with Gasteiger partial charge in [0.25, 0.3) is 0 Å². The Morgan fingerprint density at radius 1 is 1.25 bits per heavy atom. The van der Waals surface area contributed by atoms with Gasteiger partial charge in [-0.15, -0.1) is 22.7 Å². The molecule has 3 heterocycles. The topological polar surface area (TPSA) is 46.0 Å². The first kappa shape index (κ1) is 9.89. The number of aromatic nitrogens is 2. The number of hydrogen-bond acceptors (Lipinski definition) is 5. The molecule has 0 bridgehead atoms. The van der Waals surface area contributed by atoms with Gasteiger partial charge in [-0.2, -0.15) is 0 Å². The third-order valence-electron chi connectivity index (χ3n) is 2.28. The first-order valence-corrected chi connectivity index (χ1v) is 6.46. The van der Waals surface area contributed by atoms with E-state index in [-0.39, 0.29) is 6.61 Å². The molecule has 0 unspecified atom stereocenters. The van der Waals surface area contributed by atoms with Crippen molar-refractivity contribution in [3.05, 3.63) is 34.8 Å². The minimum Gasteiger partial charge on any atom is -0.391 e. The van der Waals surface area contributed by atoms with Crippen molar-refractivity contribution >= 4 is 32.8 Å². The lowest BCUT2D eigenvalue weighted by atomic mass is 10.3. The summed E-state index contributed by atoms with van der Waals surface area (Å²) in [5, 5.41) is 13.1. The van der Waals surface area contributed by atoms with Gasteiger partial charge in [-0.1, -0.05) is 0 Å². The van der Waals surface area contributed by atoms with Gasteiger partial charge in [0.2, 0.25) is 0 Å². The smallest absolute Gasteiger partial charge is 0.143 e. The molecule has 3 aromatic rings. The molecule has 0 radical (unpaired) electrons. The molecule has 0 aliphatic heterocycles. The van der Waals surface area contributed by atoms with Gasteiger partial charge in [-0.3, -0.25) is 4.98 Å². The van der Waals surface area contributed by atoms with Crippen molar-refractivity contribution in [1.82, 2.24) is 9.97 Å². The van der Waals surface area contributed by atoms with Crippen LogP contribution in [0, 0.1) is 0 Å². The number of fused-ring (bicyclic) bond motifs is 1. The summed E-state index contributed by atoms with van der Waals surface area (Å²) in [7, 11) is 0. The van der Waals surface area contributed by atoms with E-state index in [1.54, 1.807) is 23.7 Å². The highest BCUT2D eigenvalue weighted by molar-refractivity contribution is 7.19. The van der Waals surface area contributed by atoms with E-state index < -0.39 is 0 Å². The van der Waals surface area contributed by atoms with E-state index in [1.165, 1.54) is 16.7 Å². The van der Waals surface area contributed by atoms with Crippen LogP contribution in [0.5, 0.6) is 0 Å². The molecule has 3 nitrogen and oxygen atoms in total. The largest absolute Gasteiger partial charge is 0.391 e. The summed E-state index contributed by atoms with van der Waals surface area (Å²) in [4.78, 5) is 9.53. The third-order valence-corrected chi connectivity index (χ3v) is 4.21. The van der Waals surface area contributed by atoms with Crippen molar-refractivity contribution in [3.63, 3.8) is 0 Å². The zero-order valence-corrected chi connectivity index (χ0v) is 9.88. The van der Waals surface area contributed by atoms with Crippen LogP contribution in [-0.2, 0) is 6.61 Å². The molecular formula is C11H8N2OS2. The Kier molecular flexibility index (Phi) is 2.43. The van der Waals surface area contributed by atoms with Gasteiger partial charge < -0.3 is 5.11 Å². The Labute approximate surface area is 100 Å². The maximum Gasteiger partial charge on any atom is 0.143 e. The van der Waals surface area contributed by atoms with Crippen LogP contribution in [-0.4, -0.2) is 15.1 Å². The highest BCUT2D eigenvalue weighted by atomic mass is 32.1. The van der Waals surface area contributed by atoms with Crippen molar-refractivity contribution in [3.8, 4) is 10.7 Å². The fourth-order valence-electron chi connectivity index (χ4n) is 1.54. The molecule has 16 heavy (non-hydrogen) atoms. The van der Waals surface area contributed by atoms with E-state index in [4.69, 9.17) is 5.11 Å². The van der Waals surface area contributed by atoms with E-state index in [1.807, 2.05) is 6.07 Å². The number of aliphatic hydroxyl groups excluding tert-OH is 1. The number of nitrogens with zero attached hydrogens (tertiary/aromatic N) is 2. The lowest BCUT2D eigenvalue weighted by molar-refractivity contribution is 0.285. The van der Waals surface area contributed by atoms with Crippen LogP contribution >= 0.6 is 22.7 Å². The monoisotopic (exact) mass is 248 g/mol. The zero-order valence-electron chi connectivity index (χ0n) is 8.25. The Bertz CT molecular complexity index is 629. The number of thiazole rings is 1. The number of pyridine rings is 1. The van der Waals surface area contributed by atoms with E-state index in [2.05, 4.69) is 21.4 Å². The summed E-state index contributed by atoms with van der Waals surface area (Å²) in [6.45, 7) is 0.0398. The van der Waals surface area contributed by atoms with Gasteiger partial charge in [0.15, 0.2) is 0 Å². The van der Waals surface area contributed by atoms with E-state index in [0.29, 0.717) is 0 Å².